The minimum Gasteiger partial charge on any atom is -0.364 e. The fourth-order valence-electron chi connectivity index (χ4n) is 5.17. The molecule has 5 heterocycles. The van der Waals surface area contributed by atoms with E-state index in [0.717, 1.165) is 4.68 Å². The number of aromatic nitrogens is 5. The monoisotopic (exact) mass is 520 g/mol. The van der Waals surface area contributed by atoms with Gasteiger partial charge in [-0.3, -0.25) is 19.2 Å². The molecule has 0 aliphatic carbocycles. The summed E-state index contributed by atoms with van der Waals surface area (Å²) < 4.78 is 30.6. The topological polar surface area (TPSA) is 222 Å². The summed E-state index contributed by atoms with van der Waals surface area (Å²) in [6, 6.07) is -2.83. The van der Waals surface area contributed by atoms with Crippen molar-refractivity contribution in [3.05, 3.63) is 23.9 Å². The van der Waals surface area contributed by atoms with Crippen molar-refractivity contribution in [3.63, 3.8) is 0 Å². The highest BCUT2D eigenvalue weighted by molar-refractivity contribution is 7.89. The number of imidazole rings is 1. The molecular weight excluding hydrogens is 496 g/mol. The Morgan fingerprint density at radius 2 is 1.78 bits per heavy atom. The van der Waals surface area contributed by atoms with E-state index in [2.05, 4.69) is 20.0 Å². The van der Waals surface area contributed by atoms with Crippen LogP contribution in [0.15, 0.2) is 17.6 Å². The average Bonchev–Trinajstić information content (AvgIpc) is 3.54. The van der Waals surface area contributed by atoms with Gasteiger partial charge in [-0.2, -0.15) is 0 Å². The zero-order valence-electron chi connectivity index (χ0n) is 19.1. The van der Waals surface area contributed by atoms with E-state index in [1.165, 1.54) is 26.9 Å². The Kier molecular flexibility index (Phi) is 5.55. The van der Waals surface area contributed by atoms with Crippen LogP contribution in [0.2, 0.25) is 0 Å². The molecule has 36 heavy (non-hydrogen) atoms. The highest BCUT2D eigenvalue weighted by Gasteiger charge is 2.53. The Hall–Kier alpha value is -3.86. The van der Waals surface area contributed by atoms with Crippen LogP contribution in [0.1, 0.15) is 46.3 Å². The normalized spacial score (nSPS) is 26.1. The standard InChI is InChI=1S/C19H24N10O6S/c1-26-7-13(22-8-26)36(34,35)24-9-2-3-27-11(4-9)19(33)28-6-10(5-12(28)18(27)32)29-15(17(21)31)14(16(20)30)23-25-29/h7-12,24H,2-6H2,1H3,(H2,20,30)(H2,21,31). The first-order chi connectivity index (χ1) is 17.0. The number of primary amides is 2. The van der Waals surface area contributed by atoms with Gasteiger partial charge in [0.2, 0.25) is 11.8 Å². The number of amides is 4. The number of piperidine rings is 1. The van der Waals surface area contributed by atoms with E-state index in [4.69, 9.17) is 11.5 Å². The van der Waals surface area contributed by atoms with Crippen molar-refractivity contribution in [3.8, 4) is 0 Å². The van der Waals surface area contributed by atoms with Gasteiger partial charge in [0.05, 0.1) is 12.4 Å². The van der Waals surface area contributed by atoms with Crippen LogP contribution in [0.5, 0.6) is 0 Å². The van der Waals surface area contributed by atoms with Crippen LogP contribution >= 0.6 is 0 Å². The minimum absolute atomic E-state index is 0.0335. The van der Waals surface area contributed by atoms with Gasteiger partial charge in [-0.25, -0.2) is 22.8 Å². The highest BCUT2D eigenvalue weighted by atomic mass is 32.2. The van der Waals surface area contributed by atoms with Gasteiger partial charge >= 0.3 is 0 Å². The lowest BCUT2D eigenvalue weighted by Gasteiger charge is -2.46. The summed E-state index contributed by atoms with van der Waals surface area (Å²) >= 11 is 0. The summed E-state index contributed by atoms with van der Waals surface area (Å²) in [4.78, 5) is 57.0. The number of rotatable bonds is 6. The maximum atomic E-state index is 13.4. The number of aryl methyl sites for hydroxylation is 1. The summed E-state index contributed by atoms with van der Waals surface area (Å²) in [5.74, 6) is -2.55. The van der Waals surface area contributed by atoms with E-state index < -0.39 is 46.0 Å². The van der Waals surface area contributed by atoms with Crippen LogP contribution in [0.3, 0.4) is 0 Å². The Labute approximate surface area is 204 Å². The summed E-state index contributed by atoms with van der Waals surface area (Å²) in [6.07, 6.45) is 3.32. The minimum atomic E-state index is -3.90. The van der Waals surface area contributed by atoms with Crippen LogP contribution in [-0.2, 0) is 26.7 Å². The molecule has 0 saturated carbocycles. The number of nitrogens with one attached hydrogen (secondary N) is 1. The molecule has 0 aromatic carbocycles. The van der Waals surface area contributed by atoms with E-state index in [1.54, 1.807) is 7.05 Å². The van der Waals surface area contributed by atoms with Crippen molar-refractivity contribution in [2.45, 2.75) is 48.5 Å². The molecule has 192 valence electrons. The van der Waals surface area contributed by atoms with Gasteiger partial charge in [-0.1, -0.05) is 5.21 Å². The van der Waals surface area contributed by atoms with Gasteiger partial charge in [0, 0.05) is 38.8 Å². The zero-order valence-corrected chi connectivity index (χ0v) is 20.0. The zero-order chi connectivity index (χ0) is 25.9. The predicted octanol–water partition coefficient (Wildman–Crippen LogP) is -3.30. The van der Waals surface area contributed by atoms with E-state index in [9.17, 15) is 27.6 Å². The molecule has 3 aliphatic heterocycles. The van der Waals surface area contributed by atoms with E-state index in [0.29, 0.717) is 6.42 Å². The van der Waals surface area contributed by atoms with Crippen molar-refractivity contribution < 1.29 is 27.6 Å². The molecule has 2 aromatic rings. The molecule has 3 aliphatic rings. The quantitative estimate of drug-likeness (QED) is 0.346. The molecule has 4 atom stereocenters. The first-order valence-corrected chi connectivity index (χ1v) is 12.6. The lowest BCUT2D eigenvalue weighted by Crippen LogP contribution is -2.66. The Bertz CT molecular complexity index is 1380. The second kappa shape index (κ2) is 8.37. The largest absolute Gasteiger partial charge is 0.364 e. The van der Waals surface area contributed by atoms with Gasteiger partial charge in [0.25, 0.3) is 21.8 Å². The fourth-order valence-corrected chi connectivity index (χ4v) is 6.44. The molecule has 0 radical (unpaired) electrons. The third-order valence-electron chi connectivity index (χ3n) is 6.80. The molecule has 4 amide bonds. The van der Waals surface area contributed by atoms with Crippen molar-refractivity contribution in [1.29, 1.82) is 0 Å². The molecule has 17 heteroatoms. The van der Waals surface area contributed by atoms with Gasteiger partial charge in [0.15, 0.2) is 16.4 Å². The molecule has 2 aromatic heterocycles. The second-order valence-electron chi connectivity index (χ2n) is 9.12. The number of carbonyl (C=O) groups is 4. The van der Waals surface area contributed by atoms with E-state index in [1.807, 2.05) is 0 Å². The van der Waals surface area contributed by atoms with Gasteiger partial charge in [0.1, 0.15) is 12.1 Å². The van der Waals surface area contributed by atoms with Crippen LogP contribution in [-0.4, -0.2) is 97.6 Å². The Morgan fingerprint density at radius 3 is 2.42 bits per heavy atom. The molecule has 4 unspecified atom stereocenters. The van der Waals surface area contributed by atoms with Crippen LogP contribution < -0.4 is 16.2 Å². The SMILES string of the molecule is Cn1cnc(S(=O)(=O)NC2CCN3C(=O)C4CC(n5nnc(C(N)=O)c5C(N)=O)CN4C(=O)C3C2)c1. The van der Waals surface area contributed by atoms with Crippen LogP contribution in [0.25, 0.3) is 0 Å². The van der Waals surface area contributed by atoms with E-state index >= 15 is 0 Å². The maximum absolute atomic E-state index is 13.4. The molecule has 3 fully saturated rings. The number of nitrogens with zero attached hydrogens (tertiary/aromatic N) is 7. The summed E-state index contributed by atoms with van der Waals surface area (Å²) in [6.45, 7) is 0.229. The smallest absolute Gasteiger partial charge is 0.271 e. The van der Waals surface area contributed by atoms with Crippen LogP contribution in [0.4, 0.5) is 0 Å². The molecule has 16 nitrogen and oxygen atoms in total. The second-order valence-corrected chi connectivity index (χ2v) is 10.8. The summed E-state index contributed by atoms with van der Waals surface area (Å²) in [7, 11) is -2.25. The van der Waals surface area contributed by atoms with Crippen molar-refractivity contribution >= 4 is 33.7 Å². The molecule has 0 spiro atoms. The fraction of sp³-hybridized carbons (Fsp3) is 0.526. The Morgan fingerprint density at radius 1 is 1.08 bits per heavy atom. The molecule has 0 bridgehead atoms. The first kappa shape index (κ1) is 23.9. The van der Waals surface area contributed by atoms with Gasteiger partial charge in [-0.05, 0) is 12.8 Å². The third kappa shape index (κ3) is 3.79. The molecule has 5 rings (SSSR count). The number of carbonyl (C=O) groups excluding carboxylic acids is 4. The summed E-state index contributed by atoms with van der Waals surface area (Å²) in [5, 5.41) is 7.36. The molecular formula is C19H24N10O6S. The number of sulfonamides is 1. The highest BCUT2D eigenvalue weighted by Crippen LogP contribution is 2.36. The van der Waals surface area contributed by atoms with Gasteiger partial charge in [-0.15, -0.1) is 5.10 Å². The lowest BCUT2D eigenvalue weighted by atomic mass is 9.93. The van der Waals surface area contributed by atoms with Crippen molar-refractivity contribution in [2.75, 3.05) is 13.1 Å². The predicted molar refractivity (Wildman–Crippen MR) is 118 cm³/mol. The molecule has 3 saturated heterocycles. The third-order valence-corrected chi connectivity index (χ3v) is 8.21. The number of nitrogens with two attached hydrogens (primary N) is 2. The number of fused-ring (bicyclic) bond motifs is 2. The number of hydrogen-bond donors (Lipinski definition) is 3. The number of piperazine rings is 1. The van der Waals surface area contributed by atoms with Gasteiger partial charge < -0.3 is 25.8 Å². The summed E-state index contributed by atoms with van der Waals surface area (Å²) in [5.41, 5.74) is 10.00. The first-order valence-electron chi connectivity index (χ1n) is 11.1. The van der Waals surface area contributed by atoms with Crippen molar-refractivity contribution in [2.24, 2.45) is 18.5 Å². The lowest BCUT2D eigenvalue weighted by molar-refractivity contribution is -0.161. The van der Waals surface area contributed by atoms with Crippen molar-refractivity contribution in [1.82, 2.24) is 39.1 Å². The average molecular weight is 521 g/mol. The maximum Gasteiger partial charge on any atom is 0.271 e. The Balaban J connectivity index is 1.35. The number of hydrogen-bond acceptors (Lipinski definition) is 9. The van der Waals surface area contributed by atoms with Crippen LogP contribution in [0, 0.1) is 0 Å². The van der Waals surface area contributed by atoms with E-state index in [-0.39, 0.29) is 54.2 Å². The molecule has 5 N–H and O–H groups in total.